The van der Waals surface area contributed by atoms with E-state index in [0.717, 1.165) is 9.80 Å². The van der Waals surface area contributed by atoms with Crippen molar-refractivity contribution in [1.82, 2.24) is 9.80 Å². The Labute approximate surface area is 210 Å². The maximum absolute atomic E-state index is 10.6. The third-order valence-corrected chi connectivity index (χ3v) is 3.11. The van der Waals surface area contributed by atoms with Gasteiger partial charge in [0.2, 0.25) is 0 Å². The molecule has 0 aliphatic rings. The van der Waals surface area contributed by atoms with E-state index in [4.69, 9.17) is 56.6 Å². The summed E-state index contributed by atoms with van der Waals surface area (Å²) in [5, 5.41) is 82.2. The smallest absolute Gasteiger partial charge is 0.832 e. The zero-order chi connectivity index (χ0) is 25.9. The van der Waals surface area contributed by atoms with E-state index in [-0.39, 0.29) is 42.6 Å². The van der Waals surface area contributed by atoms with Gasteiger partial charge in [0.05, 0.1) is 51.5 Å². The van der Waals surface area contributed by atoms with Gasteiger partial charge in [-0.25, -0.2) is 0 Å². The summed E-state index contributed by atoms with van der Waals surface area (Å²) in [7, 11) is -2.42. The summed E-state index contributed by atoms with van der Waals surface area (Å²) in [4.78, 5) is 44.4. The van der Waals surface area contributed by atoms with Gasteiger partial charge in [0, 0.05) is 13.1 Å². The molecule has 0 unspecified atom stereocenters. The fourth-order valence-corrected chi connectivity index (χ4v) is 1.63. The van der Waals surface area contributed by atoms with Crippen LogP contribution in [0.1, 0.15) is 0 Å². The molecule has 0 fully saturated rings. The number of aliphatic carboxylic acids is 4. The molecule has 0 heterocycles. The van der Waals surface area contributed by atoms with Crippen molar-refractivity contribution < 1.29 is 99.6 Å². The SMILES string of the molecule is NC(CO)(CO)CO.O=C(O)CN(CCN(CC(=O)O)CC(=O)O)CC(=O)O.[Na+].[O-]B(O)O. The van der Waals surface area contributed by atoms with Crippen molar-refractivity contribution in [3.63, 3.8) is 0 Å². The first-order valence-corrected chi connectivity index (χ1v) is 8.57. The molecule has 17 nitrogen and oxygen atoms in total. The van der Waals surface area contributed by atoms with Gasteiger partial charge in [0.15, 0.2) is 0 Å². The van der Waals surface area contributed by atoms with Crippen molar-refractivity contribution >= 4 is 31.2 Å². The molecule has 11 N–H and O–H groups in total. The Hall–Kier alpha value is -1.42. The van der Waals surface area contributed by atoms with Gasteiger partial charge in [-0.1, -0.05) is 0 Å². The van der Waals surface area contributed by atoms with Crippen molar-refractivity contribution in [1.29, 1.82) is 0 Å². The second-order valence-electron chi connectivity index (χ2n) is 6.16. The fourth-order valence-electron chi connectivity index (χ4n) is 1.63. The van der Waals surface area contributed by atoms with Crippen LogP contribution < -0.4 is 40.3 Å². The van der Waals surface area contributed by atoms with Crippen LogP contribution in [0.4, 0.5) is 0 Å². The Balaban J connectivity index is -0.000000268. The molecule has 0 aliphatic heterocycles. The van der Waals surface area contributed by atoms with Gasteiger partial charge in [-0.05, 0) is 0 Å². The Morgan fingerprint density at radius 1 is 0.697 bits per heavy atom. The summed E-state index contributed by atoms with van der Waals surface area (Å²) >= 11 is 0. The zero-order valence-corrected chi connectivity index (χ0v) is 20.0. The molecule has 0 radical (unpaired) electrons. The van der Waals surface area contributed by atoms with E-state index in [1.807, 2.05) is 0 Å². The average molecular weight is 497 g/mol. The molecule has 33 heavy (non-hydrogen) atoms. The standard InChI is InChI=1S/C10H16N2O8.C4H11NO3.BH2O3.Na/c13-7(14)3-11(4-8(15)16)1-2-12(5-9(17)18)6-10(19)20;5-4(1-6,2-7)3-8;2-1(3)4;/h1-6H2,(H,13,14)(H,15,16)(H,17,18)(H,19,20);6-8H,1-3,5H2;2-3H;/q;;-1;+1. The summed E-state index contributed by atoms with van der Waals surface area (Å²) in [5.74, 6) is -4.91. The molecule has 19 heteroatoms. The Kier molecular flexibility index (Phi) is 26.3. The fraction of sp³-hybridized carbons (Fsp3) is 0.714. The van der Waals surface area contributed by atoms with Crippen LogP contribution in [0.15, 0.2) is 0 Å². The van der Waals surface area contributed by atoms with E-state index in [0.29, 0.717) is 0 Å². The van der Waals surface area contributed by atoms with Gasteiger partial charge in [-0.2, -0.15) is 0 Å². The first kappa shape index (κ1) is 38.8. The summed E-state index contributed by atoms with van der Waals surface area (Å²) in [5.41, 5.74) is 3.94. The number of nitrogens with two attached hydrogens (primary N) is 1. The first-order valence-electron chi connectivity index (χ1n) is 8.57. The van der Waals surface area contributed by atoms with E-state index < -0.39 is 82.7 Å². The number of rotatable bonds is 14. The second-order valence-corrected chi connectivity index (χ2v) is 6.16. The third-order valence-electron chi connectivity index (χ3n) is 3.11. The number of hydrogen-bond donors (Lipinski definition) is 10. The zero-order valence-electron chi connectivity index (χ0n) is 18.0. The minimum atomic E-state index is -2.42. The predicted molar refractivity (Wildman–Crippen MR) is 102 cm³/mol. The number of hydrogen-bond acceptors (Lipinski definition) is 13. The molecule has 0 aromatic rings. The van der Waals surface area contributed by atoms with Crippen LogP contribution >= 0.6 is 0 Å². The van der Waals surface area contributed by atoms with Gasteiger partial charge in [0.25, 0.3) is 0 Å². The maximum Gasteiger partial charge on any atom is 1.00 e. The molecular formula is C14H29BN3NaO14. The Morgan fingerprint density at radius 3 is 0.970 bits per heavy atom. The van der Waals surface area contributed by atoms with Crippen LogP contribution in [-0.2, 0) is 19.2 Å². The van der Waals surface area contributed by atoms with Crippen molar-refractivity contribution in [3.05, 3.63) is 0 Å². The minimum Gasteiger partial charge on any atom is -0.832 e. The van der Waals surface area contributed by atoms with E-state index in [9.17, 15) is 19.2 Å². The van der Waals surface area contributed by atoms with Crippen LogP contribution in [0.3, 0.4) is 0 Å². The molecule has 0 aliphatic carbocycles. The van der Waals surface area contributed by atoms with Crippen LogP contribution in [-0.4, -0.2) is 151 Å². The molecular weight excluding hydrogens is 468 g/mol. The van der Waals surface area contributed by atoms with Gasteiger partial charge in [-0.15, -0.1) is 0 Å². The molecule has 0 amide bonds. The van der Waals surface area contributed by atoms with Gasteiger partial charge >= 0.3 is 60.8 Å². The molecule has 0 saturated carbocycles. The predicted octanol–water partition coefficient (Wildman–Crippen LogP) is -10.1. The number of nitrogens with zero attached hydrogens (tertiary/aromatic N) is 2. The molecule has 0 atom stereocenters. The van der Waals surface area contributed by atoms with Crippen molar-refractivity contribution in [3.8, 4) is 0 Å². The number of carbonyl (C=O) groups is 4. The largest absolute Gasteiger partial charge is 1.00 e. The molecule has 188 valence electrons. The second kappa shape index (κ2) is 22.4. The number of carboxylic acid groups (broad SMARTS) is 4. The normalized spacial score (nSPS) is 10.2. The van der Waals surface area contributed by atoms with Crippen LogP contribution in [0.5, 0.6) is 0 Å². The topological polar surface area (TPSA) is 306 Å². The maximum atomic E-state index is 10.6. The molecule has 0 rings (SSSR count). The first-order chi connectivity index (χ1) is 14.6. The van der Waals surface area contributed by atoms with Crippen molar-refractivity contribution in [2.45, 2.75) is 5.54 Å². The molecule has 0 aromatic carbocycles. The van der Waals surface area contributed by atoms with Crippen LogP contribution in [0.25, 0.3) is 0 Å². The summed E-state index contributed by atoms with van der Waals surface area (Å²) in [6.07, 6.45) is 0. The van der Waals surface area contributed by atoms with Crippen LogP contribution in [0.2, 0.25) is 0 Å². The van der Waals surface area contributed by atoms with Crippen molar-refractivity contribution in [2.75, 3.05) is 59.1 Å². The summed E-state index contributed by atoms with van der Waals surface area (Å²) in [6.45, 7) is -3.46. The monoisotopic (exact) mass is 497 g/mol. The van der Waals surface area contributed by atoms with E-state index >= 15 is 0 Å². The molecule has 0 spiro atoms. The van der Waals surface area contributed by atoms with E-state index in [1.54, 1.807) is 0 Å². The third kappa shape index (κ3) is 30.6. The summed E-state index contributed by atoms with van der Waals surface area (Å²) in [6, 6.07) is 0. The number of aliphatic hydroxyl groups is 3. The van der Waals surface area contributed by atoms with E-state index in [2.05, 4.69) is 0 Å². The Morgan fingerprint density at radius 2 is 0.879 bits per heavy atom. The van der Waals surface area contributed by atoms with E-state index in [1.165, 1.54) is 0 Å². The van der Waals surface area contributed by atoms with Crippen molar-refractivity contribution in [2.24, 2.45) is 5.73 Å². The molecule has 0 saturated heterocycles. The summed E-state index contributed by atoms with van der Waals surface area (Å²) < 4.78 is 0. The quantitative estimate of drug-likeness (QED) is 0.0996. The average Bonchev–Trinajstić information content (AvgIpc) is 2.63. The van der Waals surface area contributed by atoms with Gasteiger partial charge < -0.3 is 56.6 Å². The number of aliphatic hydroxyl groups excluding tert-OH is 3. The van der Waals surface area contributed by atoms with Crippen LogP contribution in [0, 0.1) is 0 Å². The van der Waals surface area contributed by atoms with Gasteiger partial charge in [0.1, 0.15) is 0 Å². The Bertz CT molecular complexity index is 488. The minimum absolute atomic E-state index is 0. The molecule has 0 bridgehead atoms. The van der Waals surface area contributed by atoms with Gasteiger partial charge in [-0.3, -0.25) is 29.0 Å². The molecule has 0 aromatic heterocycles. The number of carboxylic acids is 4.